The molecular weight excluding hydrogens is 216 g/mol. The summed E-state index contributed by atoms with van der Waals surface area (Å²) in [6.45, 7) is 0.610. The van der Waals surface area contributed by atoms with Crippen LogP contribution in [0.2, 0.25) is 0 Å². The predicted molar refractivity (Wildman–Crippen MR) is 64.4 cm³/mol. The van der Waals surface area contributed by atoms with Crippen molar-refractivity contribution < 1.29 is 14.3 Å². The molecule has 0 N–H and O–H groups in total. The van der Waals surface area contributed by atoms with Crippen LogP contribution in [0, 0.1) is 0 Å². The van der Waals surface area contributed by atoms with Gasteiger partial charge in [-0.15, -0.1) is 0 Å². The molecule has 3 heteroatoms. The second-order valence-corrected chi connectivity index (χ2v) is 4.29. The third kappa shape index (κ3) is 3.16. The summed E-state index contributed by atoms with van der Waals surface area (Å²) in [5.74, 6) is 0.506. The molecule has 1 heterocycles. The lowest BCUT2D eigenvalue weighted by Gasteiger charge is -2.09. The zero-order valence-electron chi connectivity index (χ0n) is 9.78. The Labute approximate surface area is 101 Å². The quantitative estimate of drug-likeness (QED) is 0.646. The molecule has 1 aromatic carbocycles. The fourth-order valence-electron chi connectivity index (χ4n) is 1.97. The normalized spacial score (nSPS) is 17.9. The number of rotatable bonds is 0. The van der Waals surface area contributed by atoms with Crippen molar-refractivity contribution in [3.05, 3.63) is 29.8 Å². The van der Waals surface area contributed by atoms with E-state index < -0.39 is 0 Å². The predicted octanol–water partition coefficient (Wildman–Crippen LogP) is 2.78. The zero-order valence-corrected chi connectivity index (χ0v) is 9.78. The molecule has 0 saturated carbocycles. The number of para-hydroxylation sites is 1. The topological polar surface area (TPSA) is 43.4 Å². The van der Waals surface area contributed by atoms with Crippen LogP contribution in [0.5, 0.6) is 5.75 Å². The van der Waals surface area contributed by atoms with Crippen LogP contribution < -0.4 is 4.74 Å². The highest BCUT2D eigenvalue weighted by molar-refractivity contribution is 6.09. The molecule has 0 saturated heterocycles. The number of benzene rings is 1. The van der Waals surface area contributed by atoms with Crippen molar-refractivity contribution in [3.63, 3.8) is 0 Å². The maximum atomic E-state index is 11.9. The Morgan fingerprint density at radius 2 is 1.82 bits per heavy atom. The fraction of sp³-hybridized carbons (Fsp3) is 0.429. The molecule has 2 rings (SSSR count). The van der Waals surface area contributed by atoms with Gasteiger partial charge in [0.1, 0.15) is 11.5 Å². The van der Waals surface area contributed by atoms with E-state index in [0.29, 0.717) is 24.3 Å². The van der Waals surface area contributed by atoms with Crippen molar-refractivity contribution in [2.75, 3.05) is 6.61 Å². The van der Waals surface area contributed by atoms with Gasteiger partial charge in [0, 0.05) is 6.42 Å². The SMILES string of the molecule is O=C1CCCCCOc2ccccc2C(=O)C1. The standard InChI is InChI=1S/C14H16O3/c15-11-6-2-1-5-9-17-14-8-4-3-7-12(14)13(16)10-11/h3-4,7-8H,1-2,5-6,9-10H2. The highest BCUT2D eigenvalue weighted by Gasteiger charge is 2.16. The van der Waals surface area contributed by atoms with Crippen molar-refractivity contribution in [3.8, 4) is 5.75 Å². The smallest absolute Gasteiger partial charge is 0.173 e. The molecule has 0 fully saturated rings. The molecule has 1 aliphatic rings. The first-order valence-electron chi connectivity index (χ1n) is 6.04. The van der Waals surface area contributed by atoms with E-state index in [4.69, 9.17) is 4.74 Å². The van der Waals surface area contributed by atoms with E-state index in [1.165, 1.54) is 0 Å². The minimum absolute atomic E-state index is 0.000370. The molecule has 1 aliphatic heterocycles. The highest BCUT2D eigenvalue weighted by Crippen LogP contribution is 2.21. The Balaban J connectivity index is 2.24. The van der Waals surface area contributed by atoms with E-state index in [0.717, 1.165) is 19.3 Å². The van der Waals surface area contributed by atoms with Gasteiger partial charge >= 0.3 is 0 Å². The lowest BCUT2D eigenvalue weighted by molar-refractivity contribution is -0.118. The summed E-state index contributed by atoms with van der Waals surface area (Å²) >= 11 is 0. The molecule has 0 radical (unpaired) electrons. The van der Waals surface area contributed by atoms with Gasteiger partial charge in [0.2, 0.25) is 0 Å². The number of hydrogen-bond acceptors (Lipinski definition) is 3. The highest BCUT2D eigenvalue weighted by atomic mass is 16.5. The van der Waals surface area contributed by atoms with Crippen LogP contribution in [0.3, 0.4) is 0 Å². The van der Waals surface area contributed by atoms with E-state index in [1.807, 2.05) is 6.07 Å². The Morgan fingerprint density at radius 3 is 2.71 bits per heavy atom. The molecule has 0 unspecified atom stereocenters. The number of ketones is 2. The van der Waals surface area contributed by atoms with Crippen molar-refractivity contribution in [1.29, 1.82) is 0 Å². The van der Waals surface area contributed by atoms with Gasteiger partial charge in [0.15, 0.2) is 5.78 Å². The minimum Gasteiger partial charge on any atom is -0.493 e. The average molecular weight is 232 g/mol. The van der Waals surface area contributed by atoms with Crippen LogP contribution in [-0.4, -0.2) is 18.2 Å². The number of hydrogen-bond donors (Lipinski definition) is 0. The lowest BCUT2D eigenvalue weighted by Crippen LogP contribution is -2.09. The monoisotopic (exact) mass is 232 g/mol. The summed E-state index contributed by atoms with van der Waals surface area (Å²) in [6.07, 6.45) is 3.26. The fourth-order valence-corrected chi connectivity index (χ4v) is 1.97. The van der Waals surface area contributed by atoms with Crippen molar-refractivity contribution in [1.82, 2.24) is 0 Å². The third-order valence-electron chi connectivity index (χ3n) is 2.90. The second kappa shape index (κ2) is 5.62. The van der Waals surface area contributed by atoms with Crippen LogP contribution >= 0.6 is 0 Å². The van der Waals surface area contributed by atoms with E-state index in [1.54, 1.807) is 18.2 Å². The van der Waals surface area contributed by atoms with Crippen LogP contribution in [-0.2, 0) is 4.79 Å². The number of fused-ring (bicyclic) bond motifs is 1. The van der Waals surface area contributed by atoms with Gasteiger partial charge in [0.05, 0.1) is 18.6 Å². The Bertz CT molecular complexity index is 423. The maximum Gasteiger partial charge on any atom is 0.173 e. The maximum absolute atomic E-state index is 11.9. The van der Waals surface area contributed by atoms with Crippen LogP contribution in [0.15, 0.2) is 24.3 Å². The molecule has 3 nitrogen and oxygen atoms in total. The minimum atomic E-state index is -0.132. The van der Waals surface area contributed by atoms with Gasteiger partial charge in [-0.05, 0) is 31.4 Å². The zero-order chi connectivity index (χ0) is 12.1. The van der Waals surface area contributed by atoms with Crippen LogP contribution in [0.25, 0.3) is 0 Å². The van der Waals surface area contributed by atoms with E-state index in [9.17, 15) is 9.59 Å². The third-order valence-corrected chi connectivity index (χ3v) is 2.90. The summed E-state index contributed by atoms with van der Waals surface area (Å²) in [5, 5.41) is 0. The van der Waals surface area contributed by atoms with Gasteiger partial charge in [-0.1, -0.05) is 12.1 Å². The molecule has 90 valence electrons. The first-order chi connectivity index (χ1) is 8.27. The van der Waals surface area contributed by atoms with Crippen molar-refractivity contribution in [2.24, 2.45) is 0 Å². The van der Waals surface area contributed by atoms with Gasteiger partial charge in [-0.3, -0.25) is 9.59 Å². The van der Waals surface area contributed by atoms with Gasteiger partial charge in [-0.25, -0.2) is 0 Å². The van der Waals surface area contributed by atoms with E-state index in [2.05, 4.69) is 0 Å². The largest absolute Gasteiger partial charge is 0.493 e. The molecular formula is C14H16O3. The molecule has 0 atom stereocenters. The molecule has 1 aromatic rings. The number of carbonyl (C=O) groups excluding carboxylic acids is 2. The van der Waals surface area contributed by atoms with E-state index >= 15 is 0 Å². The molecule has 0 aromatic heterocycles. The summed E-state index contributed by atoms with van der Waals surface area (Å²) in [5.41, 5.74) is 0.530. The van der Waals surface area contributed by atoms with E-state index in [-0.39, 0.29) is 18.0 Å². The van der Waals surface area contributed by atoms with Gasteiger partial charge in [-0.2, -0.15) is 0 Å². The summed E-state index contributed by atoms with van der Waals surface area (Å²) < 4.78 is 5.59. The molecule has 0 aliphatic carbocycles. The van der Waals surface area contributed by atoms with Gasteiger partial charge < -0.3 is 4.74 Å². The number of ether oxygens (including phenoxy) is 1. The number of carbonyl (C=O) groups is 2. The summed E-state index contributed by atoms with van der Waals surface area (Å²) in [6, 6.07) is 7.15. The lowest BCUT2D eigenvalue weighted by atomic mass is 10.0. The Kier molecular flexibility index (Phi) is 3.91. The van der Waals surface area contributed by atoms with Crippen LogP contribution in [0.4, 0.5) is 0 Å². The first kappa shape index (κ1) is 11.8. The van der Waals surface area contributed by atoms with Gasteiger partial charge in [0.25, 0.3) is 0 Å². The molecule has 0 bridgehead atoms. The second-order valence-electron chi connectivity index (χ2n) is 4.29. The number of Topliss-reactive ketones (excluding diaryl/α,β-unsaturated/α-hetero) is 2. The molecule has 17 heavy (non-hydrogen) atoms. The average Bonchev–Trinajstić information content (AvgIpc) is 2.35. The first-order valence-corrected chi connectivity index (χ1v) is 6.04. The van der Waals surface area contributed by atoms with Crippen molar-refractivity contribution >= 4 is 11.6 Å². The summed E-state index contributed by atoms with van der Waals surface area (Å²) in [4.78, 5) is 23.5. The van der Waals surface area contributed by atoms with Crippen molar-refractivity contribution in [2.45, 2.75) is 32.1 Å². The Morgan fingerprint density at radius 1 is 1.00 bits per heavy atom. The Hall–Kier alpha value is -1.64. The molecule has 0 spiro atoms. The van der Waals surface area contributed by atoms with Crippen LogP contribution in [0.1, 0.15) is 42.5 Å². The summed E-state index contributed by atoms with van der Waals surface area (Å²) in [7, 11) is 0. The molecule has 0 amide bonds.